The van der Waals surface area contributed by atoms with Crippen LogP contribution in [0.3, 0.4) is 0 Å². The van der Waals surface area contributed by atoms with Gasteiger partial charge in [0.25, 0.3) is 0 Å². The number of hydrogen-bond acceptors (Lipinski definition) is 5. The lowest BCUT2D eigenvalue weighted by atomic mass is 10.2. The molecule has 0 spiro atoms. The molecule has 0 bridgehead atoms. The minimum Gasteiger partial charge on any atom is -0.337 e. The third kappa shape index (κ3) is 2.38. The molecule has 7 nitrogen and oxygen atoms in total. The lowest BCUT2D eigenvalue weighted by Gasteiger charge is -2.14. The van der Waals surface area contributed by atoms with Gasteiger partial charge >= 0.3 is 0 Å². The molecule has 0 aliphatic heterocycles. The molecule has 0 saturated carbocycles. The zero-order chi connectivity index (χ0) is 16.7. The monoisotopic (exact) mass is 322 g/mol. The Labute approximate surface area is 139 Å². The Bertz CT molecular complexity index is 947. The SMILES string of the molecule is CC(C)c1nccn1[C@H](C)c1nc(-c2cn3ccccc3n2)no1. The van der Waals surface area contributed by atoms with Crippen LogP contribution in [0.15, 0.2) is 47.5 Å². The second-order valence-corrected chi connectivity index (χ2v) is 6.07. The molecule has 0 saturated heterocycles. The molecule has 4 aromatic heterocycles. The number of pyridine rings is 1. The van der Waals surface area contributed by atoms with Gasteiger partial charge in [-0.1, -0.05) is 25.1 Å². The Morgan fingerprint density at radius 1 is 1.08 bits per heavy atom. The topological polar surface area (TPSA) is 74.0 Å². The first-order valence-corrected chi connectivity index (χ1v) is 7.94. The Hall–Kier alpha value is -2.96. The number of nitrogens with zero attached hydrogens (tertiary/aromatic N) is 6. The van der Waals surface area contributed by atoms with Crippen LogP contribution in [0.5, 0.6) is 0 Å². The first kappa shape index (κ1) is 14.6. The van der Waals surface area contributed by atoms with Crippen molar-refractivity contribution in [2.45, 2.75) is 32.7 Å². The predicted octanol–water partition coefficient (Wildman–Crippen LogP) is 3.31. The summed E-state index contributed by atoms with van der Waals surface area (Å²) >= 11 is 0. The van der Waals surface area contributed by atoms with Crippen molar-refractivity contribution < 1.29 is 4.52 Å². The molecule has 0 fully saturated rings. The molecular weight excluding hydrogens is 304 g/mol. The van der Waals surface area contributed by atoms with E-state index in [1.165, 1.54) is 0 Å². The highest BCUT2D eigenvalue weighted by Crippen LogP contribution is 2.24. The molecule has 1 atom stereocenters. The van der Waals surface area contributed by atoms with Crippen molar-refractivity contribution in [3.8, 4) is 11.5 Å². The summed E-state index contributed by atoms with van der Waals surface area (Å²) in [5, 5.41) is 4.09. The average Bonchev–Trinajstić information content (AvgIpc) is 3.30. The quantitative estimate of drug-likeness (QED) is 0.576. The molecule has 0 aromatic carbocycles. The summed E-state index contributed by atoms with van der Waals surface area (Å²) in [4.78, 5) is 13.5. The Balaban J connectivity index is 1.68. The average molecular weight is 322 g/mol. The van der Waals surface area contributed by atoms with Crippen molar-refractivity contribution in [3.05, 3.63) is 54.7 Å². The summed E-state index contributed by atoms with van der Waals surface area (Å²) in [7, 11) is 0. The first-order chi connectivity index (χ1) is 11.6. The number of aromatic nitrogens is 6. The largest absolute Gasteiger partial charge is 0.337 e. The van der Waals surface area contributed by atoms with E-state index in [0.717, 1.165) is 11.5 Å². The highest BCUT2D eigenvalue weighted by atomic mass is 16.5. The van der Waals surface area contributed by atoms with Gasteiger partial charge in [-0.15, -0.1) is 0 Å². The minimum atomic E-state index is -0.0804. The second-order valence-electron chi connectivity index (χ2n) is 6.07. The van der Waals surface area contributed by atoms with Gasteiger partial charge in [0.05, 0.1) is 0 Å². The van der Waals surface area contributed by atoms with Crippen LogP contribution >= 0.6 is 0 Å². The molecule has 0 unspecified atom stereocenters. The van der Waals surface area contributed by atoms with Crippen LogP contribution in [-0.4, -0.2) is 29.1 Å². The molecule has 4 aromatic rings. The van der Waals surface area contributed by atoms with E-state index in [9.17, 15) is 0 Å². The molecule has 7 heteroatoms. The maximum atomic E-state index is 5.48. The van der Waals surface area contributed by atoms with E-state index in [-0.39, 0.29) is 6.04 Å². The van der Waals surface area contributed by atoms with Gasteiger partial charge in [0.2, 0.25) is 11.7 Å². The minimum absolute atomic E-state index is 0.0804. The van der Waals surface area contributed by atoms with E-state index in [4.69, 9.17) is 4.52 Å². The molecule has 24 heavy (non-hydrogen) atoms. The van der Waals surface area contributed by atoms with E-state index in [2.05, 4.69) is 38.5 Å². The maximum Gasteiger partial charge on any atom is 0.249 e. The molecule has 0 N–H and O–H groups in total. The standard InChI is InChI=1S/C17H18N6O/c1-11(2)16-18-7-9-23(16)12(3)17-20-15(21-24-17)13-10-22-8-5-4-6-14(22)19-13/h4-12H,1-3H3/t12-/m1/s1. The number of rotatable bonds is 4. The summed E-state index contributed by atoms with van der Waals surface area (Å²) in [5.41, 5.74) is 1.54. The lowest BCUT2D eigenvalue weighted by molar-refractivity contribution is 0.341. The normalized spacial score (nSPS) is 13.0. The van der Waals surface area contributed by atoms with Crippen LogP contribution in [0.4, 0.5) is 0 Å². The third-order valence-electron chi connectivity index (χ3n) is 4.02. The van der Waals surface area contributed by atoms with Crippen LogP contribution in [-0.2, 0) is 0 Å². The lowest BCUT2D eigenvalue weighted by Crippen LogP contribution is -2.11. The molecular formula is C17H18N6O. The van der Waals surface area contributed by atoms with Gasteiger partial charge in [0.1, 0.15) is 23.2 Å². The Morgan fingerprint density at radius 2 is 1.96 bits per heavy atom. The van der Waals surface area contributed by atoms with E-state index < -0.39 is 0 Å². The fourth-order valence-corrected chi connectivity index (χ4v) is 2.77. The number of hydrogen-bond donors (Lipinski definition) is 0. The number of imidazole rings is 2. The van der Waals surface area contributed by atoms with Crippen molar-refractivity contribution in [2.24, 2.45) is 0 Å². The van der Waals surface area contributed by atoms with Crippen molar-refractivity contribution in [1.29, 1.82) is 0 Å². The van der Waals surface area contributed by atoms with Crippen molar-refractivity contribution in [3.63, 3.8) is 0 Å². The summed E-state index contributed by atoms with van der Waals surface area (Å²) < 4.78 is 9.47. The van der Waals surface area contributed by atoms with Crippen molar-refractivity contribution >= 4 is 5.65 Å². The van der Waals surface area contributed by atoms with Crippen LogP contribution in [0.1, 0.15) is 44.4 Å². The van der Waals surface area contributed by atoms with Gasteiger partial charge in [0.15, 0.2) is 0 Å². The van der Waals surface area contributed by atoms with Crippen molar-refractivity contribution in [2.75, 3.05) is 0 Å². The Morgan fingerprint density at radius 3 is 2.75 bits per heavy atom. The summed E-state index contributed by atoms with van der Waals surface area (Å²) in [6.07, 6.45) is 7.57. The summed E-state index contributed by atoms with van der Waals surface area (Å²) in [5.74, 6) is 2.35. The van der Waals surface area contributed by atoms with Crippen molar-refractivity contribution in [1.82, 2.24) is 29.1 Å². The maximum absolute atomic E-state index is 5.48. The molecule has 0 radical (unpaired) electrons. The van der Waals surface area contributed by atoms with Crippen LogP contribution < -0.4 is 0 Å². The van der Waals surface area contributed by atoms with Crippen LogP contribution in [0, 0.1) is 0 Å². The zero-order valence-electron chi connectivity index (χ0n) is 13.8. The van der Waals surface area contributed by atoms with Gasteiger partial charge in [-0.25, -0.2) is 9.97 Å². The number of fused-ring (bicyclic) bond motifs is 1. The van der Waals surface area contributed by atoms with Gasteiger partial charge in [-0.05, 0) is 19.1 Å². The third-order valence-corrected chi connectivity index (χ3v) is 4.02. The molecule has 0 aliphatic rings. The van der Waals surface area contributed by atoms with E-state index in [1.54, 1.807) is 6.20 Å². The fraction of sp³-hybridized carbons (Fsp3) is 0.294. The first-order valence-electron chi connectivity index (χ1n) is 7.94. The highest BCUT2D eigenvalue weighted by molar-refractivity contribution is 5.54. The smallest absolute Gasteiger partial charge is 0.249 e. The second kappa shape index (κ2) is 5.59. The molecule has 4 rings (SSSR count). The van der Waals surface area contributed by atoms with Gasteiger partial charge in [-0.3, -0.25) is 0 Å². The summed E-state index contributed by atoms with van der Waals surface area (Å²) in [6.45, 7) is 6.25. The van der Waals surface area contributed by atoms with E-state index >= 15 is 0 Å². The molecule has 0 aliphatic carbocycles. The summed E-state index contributed by atoms with van der Waals surface area (Å²) in [6, 6.07) is 5.76. The van der Waals surface area contributed by atoms with E-state index in [1.807, 2.05) is 48.1 Å². The molecule has 122 valence electrons. The van der Waals surface area contributed by atoms with Gasteiger partial charge in [-0.2, -0.15) is 4.98 Å². The predicted molar refractivity (Wildman–Crippen MR) is 88.6 cm³/mol. The van der Waals surface area contributed by atoms with Gasteiger partial charge < -0.3 is 13.5 Å². The highest BCUT2D eigenvalue weighted by Gasteiger charge is 2.21. The Kier molecular flexibility index (Phi) is 3.41. The molecule has 0 amide bonds. The van der Waals surface area contributed by atoms with Crippen LogP contribution in [0.25, 0.3) is 17.2 Å². The van der Waals surface area contributed by atoms with Gasteiger partial charge in [0, 0.05) is 30.7 Å². The zero-order valence-corrected chi connectivity index (χ0v) is 13.8. The molecule has 4 heterocycles. The van der Waals surface area contributed by atoms with Crippen LogP contribution in [0.2, 0.25) is 0 Å². The fourth-order valence-electron chi connectivity index (χ4n) is 2.77. The van der Waals surface area contributed by atoms with E-state index in [0.29, 0.717) is 23.3 Å².